The first-order valence-corrected chi connectivity index (χ1v) is 15.4. The van der Waals surface area contributed by atoms with Crippen LogP contribution in [-0.4, -0.2) is 9.55 Å². The minimum Gasteiger partial charge on any atom is -0.309 e. The standard InChI is InChI=1S/C43H32N2/c1-27(2)32-24-33(28(3)19-20-30-21-22-31-12-11-23-44-42(31)29(30)4)26-34(25-32)45-40-18-10-9-17-39(40)41-37-15-7-5-13-35(37)36-14-6-8-16-38(36)43(41)45/h5-26H,1,4H2,2-3H3/b28-19+,30-20-. The van der Waals surface area contributed by atoms with Crippen LogP contribution < -0.4 is 10.4 Å². The summed E-state index contributed by atoms with van der Waals surface area (Å²) in [6, 6.07) is 41.5. The van der Waals surface area contributed by atoms with Crippen molar-refractivity contribution >= 4 is 78.1 Å². The largest absolute Gasteiger partial charge is 0.309 e. The van der Waals surface area contributed by atoms with Crippen molar-refractivity contribution in [3.63, 3.8) is 0 Å². The van der Waals surface area contributed by atoms with Gasteiger partial charge in [0, 0.05) is 38.6 Å². The van der Waals surface area contributed by atoms with Crippen molar-refractivity contribution in [2.24, 2.45) is 0 Å². The Bertz CT molecular complexity index is 2650. The molecular weight excluding hydrogens is 544 g/mol. The highest BCUT2D eigenvalue weighted by molar-refractivity contribution is 6.32. The second kappa shape index (κ2) is 10.5. The first-order chi connectivity index (χ1) is 22.0. The van der Waals surface area contributed by atoms with Crippen LogP contribution in [0.15, 0.2) is 134 Å². The van der Waals surface area contributed by atoms with Gasteiger partial charge in [-0.25, -0.2) is 0 Å². The maximum Gasteiger partial charge on any atom is 0.0774 e. The Morgan fingerprint density at radius 1 is 0.689 bits per heavy atom. The van der Waals surface area contributed by atoms with Crippen LogP contribution in [0.1, 0.15) is 25.0 Å². The highest BCUT2D eigenvalue weighted by atomic mass is 15.0. The Hall–Kier alpha value is -5.73. The molecule has 0 unspecified atom stereocenters. The zero-order valence-corrected chi connectivity index (χ0v) is 25.5. The summed E-state index contributed by atoms with van der Waals surface area (Å²) in [7, 11) is 0. The number of nitrogens with zero attached hydrogens (tertiary/aromatic N) is 2. The van der Waals surface area contributed by atoms with Gasteiger partial charge < -0.3 is 4.57 Å². The predicted octanol–water partition coefficient (Wildman–Crippen LogP) is 9.97. The van der Waals surface area contributed by atoms with Crippen LogP contribution in [0.3, 0.4) is 0 Å². The van der Waals surface area contributed by atoms with Gasteiger partial charge in [0.05, 0.1) is 16.6 Å². The lowest BCUT2D eigenvalue weighted by atomic mass is 9.96. The van der Waals surface area contributed by atoms with E-state index in [1.54, 1.807) is 0 Å². The Kier molecular flexibility index (Phi) is 6.25. The number of para-hydroxylation sites is 1. The second-order valence-electron chi connectivity index (χ2n) is 11.9. The van der Waals surface area contributed by atoms with Gasteiger partial charge in [-0.05, 0) is 82.3 Å². The van der Waals surface area contributed by atoms with Gasteiger partial charge >= 0.3 is 0 Å². The van der Waals surface area contributed by atoms with Crippen molar-refractivity contribution in [3.8, 4) is 5.69 Å². The first kappa shape index (κ1) is 26.9. The number of hydrogen-bond donors (Lipinski definition) is 0. The van der Waals surface area contributed by atoms with Gasteiger partial charge in [0.2, 0.25) is 0 Å². The second-order valence-corrected chi connectivity index (χ2v) is 11.9. The maximum absolute atomic E-state index is 4.57. The highest BCUT2D eigenvalue weighted by Crippen LogP contribution is 2.42. The maximum atomic E-state index is 4.57. The summed E-state index contributed by atoms with van der Waals surface area (Å²) in [5.41, 5.74) is 8.96. The fourth-order valence-corrected chi connectivity index (χ4v) is 6.80. The molecule has 0 saturated carbocycles. The molecule has 214 valence electrons. The molecule has 0 radical (unpaired) electrons. The molecule has 2 aromatic heterocycles. The van der Waals surface area contributed by atoms with Gasteiger partial charge in [-0.15, -0.1) is 0 Å². The smallest absolute Gasteiger partial charge is 0.0774 e. The zero-order chi connectivity index (χ0) is 30.7. The van der Waals surface area contributed by atoms with E-state index >= 15 is 0 Å². The van der Waals surface area contributed by atoms with Crippen molar-refractivity contribution in [2.45, 2.75) is 13.8 Å². The molecule has 2 nitrogen and oxygen atoms in total. The van der Waals surface area contributed by atoms with E-state index in [9.17, 15) is 0 Å². The summed E-state index contributed by atoms with van der Waals surface area (Å²) in [6.07, 6.45) is 6.17. The van der Waals surface area contributed by atoms with Gasteiger partial charge in [0.25, 0.3) is 0 Å². The molecule has 0 fully saturated rings. The zero-order valence-electron chi connectivity index (χ0n) is 25.5. The number of allylic oxidation sites excluding steroid dienone is 3. The molecule has 2 heterocycles. The third-order valence-corrected chi connectivity index (χ3v) is 9.10. The predicted molar refractivity (Wildman–Crippen MR) is 195 cm³/mol. The topological polar surface area (TPSA) is 17.8 Å². The first-order valence-electron chi connectivity index (χ1n) is 15.4. The van der Waals surface area contributed by atoms with Crippen LogP contribution in [-0.2, 0) is 0 Å². The molecule has 45 heavy (non-hydrogen) atoms. The lowest BCUT2D eigenvalue weighted by Crippen LogP contribution is -2.23. The van der Waals surface area contributed by atoms with Gasteiger partial charge in [-0.3, -0.25) is 4.98 Å². The minimum atomic E-state index is 0.940. The van der Waals surface area contributed by atoms with E-state index in [2.05, 4.69) is 158 Å². The summed E-state index contributed by atoms with van der Waals surface area (Å²) < 4.78 is 2.45. The van der Waals surface area contributed by atoms with E-state index in [1.807, 2.05) is 12.3 Å². The number of rotatable bonds is 4. The normalized spacial score (nSPS) is 12.7. The monoisotopic (exact) mass is 576 g/mol. The Morgan fingerprint density at radius 3 is 2.13 bits per heavy atom. The average molecular weight is 577 g/mol. The van der Waals surface area contributed by atoms with E-state index in [4.69, 9.17) is 0 Å². The van der Waals surface area contributed by atoms with E-state index in [0.29, 0.717) is 0 Å². The van der Waals surface area contributed by atoms with Crippen LogP contribution in [0, 0.1) is 0 Å². The van der Waals surface area contributed by atoms with Crippen LogP contribution in [0.4, 0.5) is 0 Å². The molecule has 0 amide bonds. The third-order valence-electron chi connectivity index (χ3n) is 9.10. The minimum absolute atomic E-state index is 0.940. The van der Waals surface area contributed by atoms with Crippen molar-refractivity contribution in [2.75, 3.05) is 0 Å². The molecule has 0 aliphatic heterocycles. The van der Waals surface area contributed by atoms with E-state index in [1.165, 1.54) is 43.4 Å². The SMILES string of the molecule is C=C(C)c1cc(/C(C)=C/C=c2/ccc3cccnc3c2=C)cc(-n2c3ccccc3c3c4ccccc4c4ccccc4c32)c1. The highest BCUT2D eigenvalue weighted by Gasteiger charge is 2.19. The van der Waals surface area contributed by atoms with Gasteiger partial charge in [0.1, 0.15) is 0 Å². The molecule has 0 bridgehead atoms. The molecule has 0 aliphatic carbocycles. The molecule has 8 rings (SSSR count). The summed E-state index contributed by atoms with van der Waals surface area (Å²) in [5.74, 6) is 0. The summed E-state index contributed by atoms with van der Waals surface area (Å²) in [4.78, 5) is 4.57. The summed E-state index contributed by atoms with van der Waals surface area (Å²) >= 11 is 0. The van der Waals surface area contributed by atoms with Gasteiger partial charge in [-0.2, -0.15) is 0 Å². The van der Waals surface area contributed by atoms with Gasteiger partial charge in [0.15, 0.2) is 0 Å². The number of pyridine rings is 1. The average Bonchev–Trinajstić information content (AvgIpc) is 3.44. The Morgan fingerprint density at radius 2 is 1.36 bits per heavy atom. The van der Waals surface area contributed by atoms with Crippen LogP contribution in [0.2, 0.25) is 0 Å². The number of aromatic nitrogens is 2. The quantitative estimate of drug-likeness (QED) is 0.191. The molecule has 0 aliphatic rings. The lowest BCUT2D eigenvalue weighted by Gasteiger charge is -2.15. The molecule has 6 aromatic carbocycles. The lowest BCUT2D eigenvalue weighted by molar-refractivity contribution is 1.18. The van der Waals surface area contributed by atoms with Crippen LogP contribution in [0.5, 0.6) is 0 Å². The Balaban J connectivity index is 1.41. The van der Waals surface area contributed by atoms with Crippen molar-refractivity contribution < 1.29 is 0 Å². The van der Waals surface area contributed by atoms with E-state index in [0.717, 1.165) is 49.3 Å². The van der Waals surface area contributed by atoms with Crippen molar-refractivity contribution in [1.82, 2.24) is 9.55 Å². The summed E-state index contributed by atoms with van der Waals surface area (Å²) in [5, 5.41) is 10.7. The number of hydrogen-bond acceptors (Lipinski definition) is 1. The van der Waals surface area contributed by atoms with Crippen molar-refractivity contribution in [1.29, 1.82) is 0 Å². The molecule has 0 atom stereocenters. The van der Waals surface area contributed by atoms with Crippen LogP contribution >= 0.6 is 0 Å². The molecule has 0 spiro atoms. The van der Waals surface area contributed by atoms with E-state index < -0.39 is 0 Å². The molecular formula is C43H32N2. The number of fused-ring (bicyclic) bond motifs is 9. The van der Waals surface area contributed by atoms with E-state index in [-0.39, 0.29) is 0 Å². The van der Waals surface area contributed by atoms with Gasteiger partial charge in [-0.1, -0.05) is 116 Å². The fourth-order valence-electron chi connectivity index (χ4n) is 6.80. The number of benzene rings is 6. The molecule has 8 aromatic rings. The Labute approximate surface area is 262 Å². The third kappa shape index (κ3) is 4.29. The fraction of sp³-hybridized carbons (Fsp3) is 0.0465. The van der Waals surface area contributed by atoms with Crippen molar-refractivity contribution in [3.05, 3.63) is 156 Å². The molecule has 2 heteroatoms. The van der Waals surface area contributed by atoms with Crippen LogP contribution in [0.25, 0.3) is 83.7 Å². The summed E-state index contributed by atoms with van der Waals surface area (Å²) in [6.45, 7) is 13.0. The molecule has 0 N–H and O–H groups in total. The molecule has 0 saturated heterocycles.